The molecule has 1 aromatic heterocycles. The van der Waals surface area contributed by atoms with Crippen molar-refractivity contribution >= 4 is 34.9 Å². The molecule has 30 heavy (non-hydrogen) atoms. The van der Waals surface area contributed by atoms with Crippen LogP contribution in [0.4, 0.5) is 0 Å². The van der Waals surface area contributed by atoms with E-state index in [0.717, 1.165) is 35.8 Å². The lowest BCUT2D eigenvalue weighted by atomic mass is 9.91. The Hall–Kier alpha value is -1.18. The Morgan fingerprint density at radius 2 is 2.27 bits per heavy atom. The molecule has 0 spiro atoms. The minimum atomic E-state index is -0.431. The fraction of sp³-hybridized carbons (Fsp3) is 0.696. The Balaban J connectivity index is 1.80. The van der Waals surface area contributed by atoms with Crippen LogP contribution in [-0.2, 0) is 9.53 Å². The molecular weight excluding hydrogens is 418 g/mol. The van der Waals surface area contributed by atoms with Crippen molar-refractivity contribution in [1.29, 1.82) is 0 Å². The maximum absolute atomic E-state index is 12.4. The van der Waals surface area contributed by atoms with Crippen LogP contribution >= 0.6 is 23.1 Å². The van der Waals surface area contributed by atoms with Crippen molar-refractivity contribution in [2.45, 2.75) is 76.2 Å². The van der Waals surface area contributed by atoms with Crippen molar-refractivity contribution in [3.05, 3.63) is 23.2 Å². The second-order valence-electron chi connectivity index (χ2n) is 8.07. The summed E-state index contributed by atoms with van der Waals surface area (Å²) < 4.78 is 5.79. The summed E-state index contributed by atoms with van der Waals surface area (Å²) in [6, 6.07) is 0. The molecule has 0 saturated heterocycles. The molecule has 1 N–H and O–H groups in total. The van der Waals surface area contributed by atoms with E-state index < -0.39 is 6.10 Å². The highest BCUT2D eigenvalue weighted by molar-refractivity contribution is 8.01. The first kappa shape index (κ1) is 25.1. The number of allylic oxidation sites excluding steroid dienone is 1. The number of esters is 1. The van der Waals surface area contributed by atoms with Gasteiger partial charge in [0.05, 0.1) is 12.7 Å². The Kier molecular flexibility index (Phi) is 11.1. The van der Waals surface area contributed by atoms with Gasteiger partial charge in [0.2, 0.25) is 0 Å². The molecule has 0 radical (unpaired) electrons. The van der Waals surface area contributed by atoms with Gasteiger partial charge < -0.3 is 9.84 Å². The molecule has 1 aromatic rings. The normalized spacial score (nSPS) is 21.3. The van der Waals surface area contributed by atoms with E-state index in [4.69, 9.17) is 4.74 Å². The number of nitrogens with zero attached hydrogens (tertiary/aromatic N) is 1. The summed E-state index contributed by atoms with van der Waals surface area (Å²) in [5.74, 6) is 1.46. The van der Waals surface area contributed by atoms with Crippen LogP contribution < -0.4 is 0 Å². The molecule has 0 aliphatic heterocycles. The molecule has 7 heteroatoms. The number of ketones is 1. The van der Waals surface area contributed by atoms with Crippen LogP contribution in [0.3, 0.4) is 0 Å². The van der Waals surface area contributed by atoms with Crippen molar-refractivity contribution in [3.63, 3.8) is 0 Å². The minimum absolute atomic E-state index is 0.0166. The first-order valence-corrected chi connectivity index (χ1v) is 13.0. The zero-order valence-corrected chi connectivity index (χ0v) is 20.0. The van der Waals surface area contributed by atoms with Crippen LogP contribution in [0, 0.1) is 17.8 Å². The predicted molar refractivity (Wildman–Crippen MR) is 123 cm³/mol. The maximum Gasteiger partial charge on any atom is 0.357 e. The number of rotatable bonds is 13. The number of ether oxygens (including phenoxy) is 1. The molecule has 1 heterocycles. The van der Waals surface area contributed by atoms with E-state index in [2.05, 4.69) is 24.9 Å². The van der Waals surface area contributed by atoms with E-state index in [-0.39, 0.29) is 17.8 Å². The number of thioether (sulfide) groups is 1. The number of aliphatic hydroxyl groups excluding tert-OH is 1. The fourth-order valence-electron chi connectivity index (χ4n) is 3.87. The summed E-state index contributed by atoms with van der Waals surface area (Å²) in [5.41, 5.74) is 0.351. The van der Waals surface area contributed by atoms with Gasteiger partial charge in [0.25, 0.3) is 0 Å². The van der Waals surface area contributed by atoms with Crippen molar-refractivity contribution in [2.24, 2.45) is 17.8 Å². The van der Waals surface area contributed by atoms with Crippen molar-refractivity contribution in [2.75, 3.05) is 12.4 Å². The third kappa shape index (κ3) is 8.16. The van der Waals surface area contributed by atoms with Gasteiger partial charge in [-0.15, -0.1) is 11.3 Å². The first-order chi connectivity index (χ1) is 14.4. The second-order valence-corrected chi connectivity index (χ2v) is 10.3. The average Bonchev–Trinajstić information content (AvgIpc) is 3.32. The summed E-state index contributed by atoms with van der Waals surface area (Å²) in [6.07, 6.45) is 10.1. The number of aliphatic hydroxyl groups is 1. The van der Waals surface area contributed by atoms with E-state index in [1.165, 1.54) is 24.2 Å². The molecule has 1 aliphatic rings. The SMILES string of the molecule is CCCC[C@H](C)C[C@H](O)/C=C/[C@@H]1CCC(=O)[C@@H]1CCSc1nc(C(=O)OCC)cs1. The van der Waals surface area contributed by atoms with Gasteiger partial charge in [0.1, 0.15) is 5.78 Å². The number of carbonyl (C=O) groups is 2. The molecule has 1 saturated carbocycles. The number of aromatic nitrogens is 1. The third-order valence-electron chi connectivity index (χ3n) is 5.55. The molecule has 1 fully saturated rings. The third-order valence-corrected chi connectivity index (χ3v) is 7.61. The van der Waals surface area contributed by atoms with Gasteiger partial charge in [-0.05, 0) is 38.0 Å². The van der Waals surface area contributed by atoms with Crippen LogP contribution in [0.5, 0.6) is 0 Å². The molecule has 168 valence electrons. The lowest BCUT2D eigenvalue weighted by Crippen LogP contribution is -2.15. The average molecular weight is 454 g/mol. The highest BCUT2D eigenvalue weighted by atomic mass is 32.2. The number of hydrogen-bond acceptors (Lipinski definition) is 7. The van der Waals surface area contributed by atoms with E-state index >= 15 is 0 Å². The highest BCUT2D eigenvalue weighted by Gasteiger charge is 2.32. The van der Waals surface area contributed by atoms with E-state index in [0.29, 0.717) is 30.4 Å². The topological polar surface area (TPSA) is 76.5 Å². The van der Waals surface area contributed by atoms with E-state index in [1.807, 2.05) is 6.08 Å². The van der Waals surface area contributed by atoms with E-state index in [1.54, 1.807) is 24.1 Å². The van der Waals surface area contributed by atoms with E-state index in [9.17, 15) is 14.7 Å². The molecule has 2 rings (SSSR count). The van der Waals surface area contributed by atoms with Crippen molar-refractivity contribution < 1.29 is 19.4 Å². The summed E-state index contributed by atoms with van der Waals surface area (Å²) in [4.78, 5) is 28.4. The molecule has 0 amide bonds. The molecular formula is C23H35NO4S2. The van der Waals surface area contributed by atoms with Gasteiger partial charge in [0, 0.05) is 23.5 Å². The molecule has 0 aromatic carbocycles. The number of Topliss-reactive ketones (excluding diaryl/α,β-unsaturated/α-hetero) is 1. The Morgan fingerprint density at radius 3 is 3.00 bits per heavy atom. The largest absolute Gasteiger partial charge is 0.461 e. The zero-order valence-electron chi connectivity index (χ0n) is 18.3. The van der Waals surface area contributed by atoms with Gasteiger partial charge in [-0.3, -0.25) is 4.79 Å². The second kappa shape index (κ2) is 13.3. The Labute approximate surface area is 188 Å². The molecule has 1 aliphatic carbocycles. The number of unbranched alkanes of at least 4 members (excludes halogenated alkanes) is 1. The number of thiazole rings is 1. The first-order valence-electron chi connectivity index (χ1n) is 11.1. The predicted octanol–water partition coefficient (Wildman–Crippen LogP) is 5.53. The highest BCUT2D eigenvalue weighted by Crippen LogP contribution is 2.35. The minimum Gasteiger partial charge on any atom is -0.461 e. The summed E-state index contributed by atoms with van der Waals surface area (Å²) in [5, 5.41) is 12.0. The van der Waals surface area contributed by atoms with Crippen molar-refractivity contribution in [1.82, 2.24) is 4.98 Å². The molecule has 5 nitrogen and oxygen atoms in total. The van der Waals surface area contributed by atoms with Crippen LogP contribution in [0.25, 0.3) is 0 Å². The van der Waals surface area contributed by atoms with Gasteiger partial charge in [-0.25, -0.2) is 9.78 Å². The smallest absolute Gasteiger partial charge is 0.357 e. The fourth-order valence-corrected chi connectivity index (χ4v) is 5.76. The zero-order chi connectivity index (χ0) is 21.9. The van der Waals surface area contributed by atoms with Crippen LogP contribution in [0.2, 0.25) is 0 Å². The monoisotopic (exact) mass is 453 g/mol. The lowest BCUT2D eigenvalue weighted by Gasteiger charge is -2.16. The van der Waals surface area contributed by atoms with Gasteiger partial charge in [-0.2, -0.15) is 0 Å². The van der Waals surface area contributed by atoms with Crippen molar-refractivity contribution in [3.8, 4) is 0 Å². The molecule has 4 atom stereocenters. The standard InChI is InChI=1S/C23H35NO4S2/c1-4-6-7-16(3)14-18(25)10-8-17-9-11-21(26)19(17)12-13-29-23-24-20(15-30-23)22(27)28-5-2/h8,10,15-19,25H,4-7,9,11-14H2,1-3H3/b10-8+/t16-,17+,18+,19+/m0/s1. The van der Waals surface area contributed by atoms with Gasteiger partial charge in [-0.1, -0.05) is 57.0 Å². The van der Waals surface area contributed by atoms with Gasteiger partial charge >= 0.3 is 5.97 Å². The Bertz CT molecular complexity index is 703. The summed E-state index contributed by atoms with van der Waals surface area (Å²) in [7, 11) is 0. The number of hydrogen-bond donors (Lipinski definition) is 1. The number of carbonyl (C=O) groups excluding carboxylic acids is 2. The molecule has 0 bridgehead atoms. The lowest BCUT2D eigenvalue weighted by molar-refractivity contribution is -0.121. The quantitative estimate of drug-likeness (QED) is 0.240. The summed E-state index contributed by atoms with van der Waals surface area (Å²) in [6.45, 7) is 6.49. The Morgan fingerprint density at radius 1 is 1.47 bits per heavy atom. The summed E-state index contributed by atoms with van der Waals surface area (Å²) >= 11 is 3.01. The van der Waals surface area contributed by atoms with Crippen LogP contribution in [0.15, 0.2) is 21.9 Å². The van der Waals surface area contributed by atoms with Crippen LogP contribution in [0.1, 0.15) is 76.2 Å². The van der Waals surface area contributed by atoms with Gasteiger partial charge in [0.15, 0.2) is 10.0 Å². The van der Waals surface area contributed by atoms with Crippen LogP contribution in [-0.4, -0.2) is 40.3 Å². The maximum atomic E-state index is 12.4. The molecule has 0 unspecified atom stereocenters.